The third kappa shape index (κ3) is 3.02. The van der Waals surface area contributed by atoms with Crippen molar-refractivity contribution in [2.24, 2.45) is 0 Å². The molecule has 1 N–H and O–H groups in total. The van der Waals surface area contributed by atoms with E-state index in [9.17, 15) is 4.79 Å². The van der Waals surface area contributed by atoms with Crippen molar-refractivity contribution in [2.45, 2.75) is 19.9 Å². The van der Waals surface area contributed by atoms with E-state index in [-0.39, 0.29) is 11.9 Å². The molecule has 1 amide bonds. The highest BCUT2D eigenvalue weighted by atomic mass is 16.3. The van der Waals surface area contributed by atoms with Gasteiger partial charge in [-0.3, -0.25) is 9.69 Å². The molecule has 0 fully saturated rings. The Balaban J connectivity index is 1.69. The number of benzene rings is 2. The summed E-state index contributed by atoms with van der Waals surface area (Å²) in [5.74, 6) is 0.662. The molecule has 0 saturated heterocycles. The summed E-state index contributed by atoms with van der Waals surface area (Å²) in [5.41, 5.74) is 4.62. The van der Waals surface area contributed by atoms with Gasteiger partial charge >= 0.3 is 0 Å². The second-order valence-corrected chi connectivity index (χ2v) is 6.54. The molecule has 0 radical (unpaired) electrons. The lowest BCUT2D eigenvalue weighted by molar-refractivity contribution is -0.114. The Kier molecular flexibility index (Phi) is 4.09. The zero-order valence-corrected chi connectivity index (χ0v) is 14.8. The first kappa shape index (κ1) is 16.2. The van der Waals surface area contributed by atoms with Crippen LogP contribution in [0, 0.1) is 13.8 Å². The predicted molar refractivity (Wildman–Crippen MR) is 103 cm³/mol. The van der Waals surface area contributed by atoms with E-state index in [1.807, 2.05) is 80.6 Å². The van der Waals surface area contributed by atoms with Crippen molar-refractivity contribution >= 4 is 17.3 Å². The van der Waals surface area contributed by atoms with Crippen molar-refractivity contribution in [3.63, 3.8) is 0 Å². The summed E-state index contributed by atoms with van der Waals surface area (Å²) in [7, 11) is 0. The average molecular weight is 344 g/mol. The van der Waals surface area contributed by atoms with E-state index < -0.39 is 0 Å². The van der Waals surface area contributed by atoms with Gasteiger partial charge in [-0.2, -0.15) is 0 Å². The van der Waals surface area contributed by atoms with Crippen LogP contribution < -0.4 is 10.2 Å². The summed E-state index contributed by atoms with van der Waals surface area (Å²) < 4.78 is 5.59. The van der Waals surface area contributed by atoms with E-state index in [0.717, 1.165) is 22.7 Å². The van der Waals surface area contributed by atoms with Crippen LogP contribution in [0.1, 0.15) is 22.9 Å². The minimum absolute atomic E-state index is 0.0733. The fourth-order valence-corrected chi connectivity index (χ4v) is 3.10. The summed E-state index contributed by atoms with van der Waals surface area (Å²) in [5, 5.41) is 3.25. The Morgan fingerprint density at radius 2 is 1.58 bits per heavy atom. The molecule has 3 aromatic rings. The van der Waals surface area contributed by atoms with Crippen LogP contribution in [-0.4, -0.2) is 5.91 Å². The number of amides is 1. The van der Waals surface area contributed by atoms with Gasteiger partial charge in [-0.15, -0.1) is 0 Å². The van der Waals surface area contributed by atoms with E-state index in [4.69, 9.17) is 4.42 Å². The normalized spacial score (nSPS) is 16.7. The van der Waals surface area contributed by atoms with Gasteiger partial charge < -0.3 is 9.73 Å². The monoisotopic (exact) mass is 344 g/mol. The van der Waals surface area contributed by atoms with Crippen LogP contribution in [0.15, 0.2) is 83.1 Å². The summed E-state index contributed by atoms with van der Waals surface area (Å²) in [4.78, 5) is 14.9. The van der Waals surface area contributed by atoms with Gasteiger partial charge in [0.15, 0.2) is 0 Å². The molecule has 4 nitrogen and oxygen atoms in total. The van der Waals surface area contributed by atoms with Crippen molar-refractivity contribution in [3.05, 3.63) is 95.6 Å². The first-order chi connectivity index (χ1) is 12.6. The molecule has 1 unspecified atom stereocenters. The lowest BCUT2D eigenvalue weighted by Gasteiger charge is -2.23. The maximum atomic E-state index is 13.1. The Morgan fingerprint density at radius 3 is 2.19 bits per heavy atom. The summed E-state index contributed by atoms with van der Waals surface area (Å²) in [6, 6.07) is 19.4. The molecule has 4 rings (SSSR count). The Bertz CT molecular complexity index is 939. The van der Waals surface area contributed by atoms with Gasteiger partial charge in [0.25, 0.3) is 5.91 Å². The van der Waals surface area contributed by atoms with E-state index in [2.05, 4.69) is 5.32 Å². The Labute approximate surface area is 152 Å². The van der Waals surface area contributed by atoms with E-state index in [0.29, 0.717) is 5.70 Å². The molecular formula is C22H20N2O2. The highest BCUT2D eigenvalue weighted by molar-refractivity contribution is 6.10. The first-order valence-electron chi connectivity index (χ1n) is 8.61. The van der Waals surface area contributed by atoms with Gasteiger partial charge in [0.05, 0.1) is 6.26 Å². The molecule has 1 atom stereocenters. The van der Waals surface area contributed by atoms with Gasteiger partial charge in [0.2, 0.25) is 0 Å². The lowest BCUT2D eigenvalue weighted by Crippen LogP contribution is -2.30. The van der Waals surface area contributed by atoms with Gasteiger partial charge in [-0.1, -0.05) is 35.4 Å². The van der Waals surface area contributed by atoms with Crippen LogP contribution in [0.25, 0.3) is 0 Å². The number of nitrogens with zero attached hydrogens (tertiary/aromatic N) is 1. The molecule has 130 valence electrons. The van der Waals surface area contributed by atoms with E-state index in [1.165, 1.54) is 5.56 Å². The molecule has 0 aliphatic carbocycles. The van der Waals surface area contributed by atoms with Crippen LogP contribution in [0.5, 0.6) is 0 Å². The topological polar surface area (TPSA) is 45.5 Å². The molecule has 26 heavy (non-hydrogen) atoms. The van der Waals surface area contributed by atoms with Crippen LogP contribution in [0.3, 0.4) is 0 Å². The molecule has 2 heterocycles. The summed E-state index contributed by atoms with van der Waals surface area (Å²) in [6.07, 6.45) is 3.55. The van der Waals surface area contributed by atoms with Crippen LogP contribution in [-0.2, 0) is 4.79 Å². The predicted octanol–water partition coefficient (Wildman–Crippen LogP) is 4.98. The minimum Gasteiger partial charge on any atom is -0.467 e. The molecule has 1 aliphatic heterocycles. The van der Waals surface area contributed by atoms with Gasteiger partial charge in [-0.25, -0.2) is 0 Å². The zero-order chi connectivity index (χ0) is 18.1. The number of carbonyl (C=O) groups excluding carboxylic acids is 1. The highest BCUT2D eigenvalue weighted by Gasteiger charge is 2.36. The third-order valence-corrected chi connectivity index (χ3v) is 4.53. The number of hydrogen-bond donors (Lipinski definition) is 1. The van der Waals surface area contributed by atoms with Crippen LogP contribution in [0.2, 0.25) is 0 Å². The molecule has 0 saturated carbocycles. The minimum atomic E-state index is -0.270. The Hall–Kier alpha value is -3.27. The second kappa shape index (κ2) is 6.56. The molecule has 1 aliphatic rings. The number of carbonyl (C=O) groups is 1. The molecule has 4 heteroatoms. The number of anilines is 2. The van der Waals surface area contributed by atoms with Crippen molar-refractivity contribution in [2.75, 3.05) is 10.2 Å². The molecule has 0 spiro atoms. The smallest absolute Gasteiger partial charge is 0.275 e. The SMILES string of the molecule is Cc1ccc(NC2=CC(c3ccco3)N(c3ccc(C)cc3)C2=O)cc1. The largest absolute Gasteiger partial charge is 0.467 e. The lowest BCUT2D eigenvalue weighted by atomic mass is 10.1. The zero-order valence-electron chi connectivity index (χ0n) is 14.8. The summed E-state index contributed by atoms with van der Waals surface area (Å²) >= 11 is 0. The number of furan rings is 1. The average Bonchev–Trinajstić information content (AvgIpc) is 3.27. The van der Waals surface area contributed by atoms with Gasteiger partial charge in [-0.05, 0) is 56.3 Å². The first-order valence-corrected chi connectivity index (χ1v) is 8.61. The maximum Gasteiger partial charge on any atom is 0.275 e. The quantitative estimate of drug-likeness (QED) is 0.726. The Morgan fingerprint density at radius 1 is 0.923 bits per heavy atom. The highest BCUT2D eigenvalue weighted by Crippen LogP contribution is 2.36. The van der Waals surface area contributed by atoms with Crippen molar-refractivity contribution < 1.29 is 9.21 Å². The van der Waals surface area contributed by atoms with E-state index >= 15 is 0 Å². The fraction of sp³-hybridized carbons (Fsp3) is 0.136. The molecular weight excluding hydrogens is 324 g/mol. The molecule has 0 bridgehead atoms. The van der Waals surface area contributed by atoms with Crippen molar-refractivity contribution in [3.8, 4) is 0 Å². The van der Waals surface area contributed by atoms with Crippen LogP contribution in [0.4, 0.5) is 11.4 Å². The number of hydrogen-bond acceptors (Lipinski definition) is 3. The molecule has 1 aromatic heterocycles. The van der Waals surface area contributed by atoms with Crippen molar-refractivity contribution in [1.82, 2.24) is 0 Å². The fourth-order valence-electron chi connectivity index (χ4n) is 3.10. The van der Waals surface area contributed by atoms with E-state index in [1.54, 1.807) is 11.2 Å². The summed E-state index contributed by atoms with van der Waals surface area (Å²) in [6.45, 7) is 4.07. The van der Waals surface area contributed by atoms with Gasteiger partial charge in [0.1, 0.15) is 17.5 Å². The molecule has 2 aromatic carbocycles. The third-order valence-electron chi connectivity index (χ3n) is 4.53. The van der Waals surface area contributed by atoms with Gasteiger partial charge in [0, 0.05) is 11.4 Å². The maximum absolute atomic E-state index is 13.1. The number of rotatable bonds is 4. The van der Waals surface area contributed by atoms with Crippen molar-refractivity contribution in [1.29, 1.82) is 0 Å². The van der Waals surface area contributed by atoms with Crippen LogP contribution >= 0.6 is 0 Å². The second-order valence-electron chi connectivity index (χ2n) is 6.54. The number of nitrogens with one attached hydrogen (secondary N) is 1. The number of aryl methyl sites for hydroxylation is 2. The standard InChI is InChI=1S/C22H20N2O2/c1-15-5-9-17(10-6-15)23-19-14-20(21-4-3-13-26-21)24(22(19)25)18-11-7-16(2)8-12-18/h3-14,20,23H,1-2H3.